The van der Waals surface area contributed by atoms with E-state index in [4.69, 9.17) is 22.2 Å². The van der Waals surface area contributed by atoms with Crippen molar-refractivity contribution in [3.63, 3.8) is 0 Å². The lowest BCUT2D eigenvalue weighted by molar-refractivity contribution is 0.446. The van der Waals surface area contributed by atoms with E-state index in [2.05, 4.69) is 15.4 Å². The van der Waals surface area contributed by atoms with Crippen LogP contribution in [0.3, 0.4) is 0 Å². The molecule has 0 atom stereocenters. The molecule has 1 aromatic heterocycles. The third-order valence-corrected chi connectivity index (χ3v) is 2.81. The van der Waals surface area contributed by atoms with Crippen molar-refractivity contribution < 1.29 is 4.74 Å². The summed E-state index contributed by atoms with van der Waals surface area (Å²) in [5, 5.41) is 0.653. The summed E-state index contributed by atoms with van der Waals surface area (Å²) in [5.41, 5.74) is 2.32. The zero-order valence-corrected chi connectivity index (χ0v) is 12.4. The van der Waals surface area contributed by atoms with Crippen LogP contribution >= 0.6 is 11.6 Å². The number of halogens is 1. The molecule has 2 aromatic rings. The molecule has 0 saturated heterocycles. The van der Waals surface area contributed by atoms with Gasteiger partial charge in [-0.15, -0.1) is 0 Å². The molecule has 0 unspecified atom stereocenters. The number of nitrogens with two attached hydrogens (primary N) is 1. The van der Waals surface area contributed by atoms with Crippen LogP contribution in [0, 0.1) is 0 Å². The Balaban J connectivity index is 2.33. The highest BCUT2D eigenvalue weighted by Crippen LogP contribution is 2.26. The minimum atomic E-state index is -0.203. The second-order valence-electron chi connectivity index (χ2n) is 5.37. The van der Waals surface area contributed by atoms with Crippen LogP contribution in [0.4, 0.5) is 5.82 Å². The third kappa shape index (κ3) is 3.59. The van der Waals surface area contributed by atoms with E-state index in [9.17, 15) is 0 Å². The number of nitrogens with one attached hydrogen (secondary N) is 1. The molecule has 5 nitrogen and oxygen atoms in total. The number of ether oxygens (including phenoxy) is 1. The van der Waals surface area contributed by atoms with Crippen LogP contribution in [0.25, 0.3) is 0 Å². The Morgan fingerprint density at radius 3 is 2.35 bits per heavy atom. The normalized spacial score (nSPS) is 11.2. The zero-order chi connectivity index (χ0) is 14.8. The van der Waals surface area contributed by atoms with Gasteiger partial charge in [-0.3, -0.25) is 0 Å². The van der Waals surface area contributed by atoms with Crippen LogP contribution in [0.1, 0.15) is 26.6 Å². The predicted molar refractivity (Wildman–Crippen MR) is 80.1 cm³/mol. The average Bonchev–Trinajstić information content (AvgIpc) is 2.40. The molecule has 0 fully saturated rings. The first kappa shape index (κ1) is 14.6. The fourth-order valence-electron chi connectivity index (χ4n) is 1.51. The minimum Gasteiger partial charge on any atom is -0.439 e. The molecule has 0 aliphatic carbocycles. The first-order valence-corrected chi connectivity index (χ1v) is 6.56. The highest BCUT2D eigenvalue weighted by atomic mass is 35.5. The zero-order valence-electron chi connectivity index (χ0n) is 11.6. The van der Waals surface area contributed by atoms with Crippen molar-refractivity contribution in [3.05, 3.63) is 41.2 Å². The van der Waals surface area contributed by atoms with Crippen LogP contribution in [-0.2, 0) is 5.41 Å². The fraction of sp³-hybridized carbons (Fsp3) is 0.286. The second kappa shape index (κ2) is 5.64. The maximum atomic E-state index is 5.84. The highest BCUT2D eigenvalue weighted by molar-refractivity contribution is 6.30. The Morgan fingerprint density at radius 2 is 1.80 bits per heavy atom. The fourth-order valence-corrected chi connectivity index (χ4v) is 1.64. The van der Waals surface area contributed by atoms with Gasteiger partial charge in [-0.25, -0.2) is 10.8 Å². The monoisotopic (exact) mass is 292 g/mol. The Hall–Kier alpha value is -1.85. The van der Waals surface area contributed by atoms with Gasteiger partial charge in [0.1, 0.15) is 17.4 Å². The van der Waals surface area contributed by atoms with Gasteiger partial charge in [-0.1, -0.05) is 32.4 Å². The van der Waals surface area contributed by atoms with Gasteiger partial charge >= 0.3 is 0 Å². The largest absolute Gasteiger partial charge is 0.439 e. The molecule has 6 heteroatoms. The van der Waals surface area contributed by atoms with E-state index in [1.54, 1.807) is 30.3 Å². The molecule has 0 bridgehead atoms. The van der Waals surface area contributed by atoms with Crippen LogP contribution in [0.2, 0.25) is 5.02 Å². The van der Waals surface area contributed by atoms with E-state index in [0.29, 0.717) is 28.3 Å². The number of benzene rings is 1. The van der Waals surface area contributed by atoms with Gasteiger partial charge in [0.2, 0.25) is 5.88 Å². The van der Waals surface area contributed by atoms with Gasteiger partial charge in [-0.2, -0.15) is 4.98 Å². The summed E-state index contributed by atoms with van der Waals surface area (Å²) < 4.78 is 5.71. The number of anilines is 1. The molecule has 0 saturated carbocycles. The minimum absolute atomic E-state index is 0.203. The number of hydrazine groups is 1. The van der Waals surface area contributed by atoms with E-state index in [1.165, 1.54) is 0 Å². The van der Waals surface area contributed by atoms with E-state index in [1.807, 2.05) is 20.8 Å². The Bertz CT molecular complexity index is 593. The molecular weight excluding hydrogens is 276 g/mol. The van der Waals surface area contributed by atoms with Crippen molar-refractivity contribution in [1.29, 1.82) is 0 Å². The number of rotatable bonds is 3. The van der Waals surface area contributed by atoms with Crippen LogP contribution in [0.15, 0.2) is 30.3 Å². The molecule has 0 amide bonds. The maximum Gasteiger partial charge on any atom is 0.224 e. The summed E-state index contributed by atoms with van der Waals surface area (Å²) in [6.07, 6.45) is 0. The van der Waals surface area contributed by atoms with Crippen molar-refractivity contribution in [2.45, 2.75) is 26.2 Å². The van der Waals surface area contributed by atoms with Gasteiger partial charge in [0.15, 0.2) is 0 Å². The first-order chi connectivity index (χ1) is 9.38. The van der Waals surface area contributed by atoms with Crippen LogP contribution < -0.4 is 16.0 Å². The molecule has 0 aliphatic rings. The van der Waals surface area contributed by atoms with Crippen molar-refractivity contribution >= 4 is 17.4 Å². The summed E-state index contributed by atoms with van der Waals surface area (Å²) in [6.45, 7) is 6.07. The molecule has 20 heavy (non-hydrogen) atoms. The van der Waals surface area contributed by atoms with Crippen molar-refractivity contribution in [3.8, 4) is 11.6 Å². The SMILES string of the molecule is CC(C)(C)c1nc(NN)cc(Oc2ccc(Cl)cc2)n1. The van der Waals surface area contributed by atoms with Crippen molar-refractivity contribution in [2.75, 3.05) is 5.43 Å². The number of hydrogen-bond acceptors (Lipinski definition) is 5. The standard InChI is InChI=1S/C14H17ClN4O/c1-14(2,3)13-17-11(19-16)8-12(18-13)20-10-6-4-9(15)5-7-10/h4-8H,16H2,1-3H3,(H,17,18,19). The van der Waals surface area contributed by atoms with E-state index in [0.717, 1.165) is 0 Å². The number of aromatic nitrogens is 2. The third-order valence-electron chi connectivity index (χ3n) is 2.56. The first-order valence-electron chi connectivity index (χ1n) is 6.18. The Labute approximate surface area is 123 Å². The number of nitrogens with zero attached hydrogens (tertiary/aromatic N) is 2. The maximum absolute atomic E-state index is 5.84. The van der Waals surface area contributed by atoms with Gasteiger partial charge in [-0.05, 0) is 24.3 Å². The lowest BCUT2D eigenvalue weighted by Crippen LogP contribution is -2.19. The summed E-state index contributed by atoms with van der Waals surface area (Å²) in [6, 6.07) is 8.70. The topological polar surface area (TPSA) is 73.1 Å². The molecule has 0 aliphatic heterocycles. The lowest BCUT2D eigenvalue weighted by atomic mass is 9.96. The van der Waals surface area contributed by atoms with Gasteiger partial charge in [0.25, 0.3) is 0 Å². The Morgan fingerprint density at radius 1 is 1.15 bits per heavy atom. The van der Waals surface area contributed by atoms with Gasteiger partial charge in [0.05, 0.1) is 0 Å². The number of hydrogen-bond donors (Lipinski definition) is 2. The molecule has 2 rings (SSSR count). The smallest absolute Gasteiger partial charge is 0.224 e. The summed E-state index contributed by atoms with van der Waals surface area (Å²) in [7, 11) is 0. The van der Waals surface area contributed by atoms with Crippen molar-refractivity contribution in [2.24, 2.45) is 5.84 Å². The molecular formula is C14H17ClN4O. The predicted octanol–water partition coefficient (Wildman–Crippen LogP) is 3.51. The number of nitrogen functional groups attached to an aromatic ring is 1. The summed E-state index contributed by atoms with van der Waals surface area (Å²) in [5.74, 6) is 7.67. The highest BCUT2D eigenvalue weighted by Gasteiger charge is 2.19. The summed E-state index contributed by atoms with van der Waals surface area (Å²) >= 11 is 5.84. The Kier molecular flexibility index (Phi) is 4.11. The molecule has 1 heterocycles. The van der Waals surface area contributed by atoms with E-state index >= 15 is 0 Å². The van der Waals surface area contributed by atoms with Crippen molar-refractivity contribution in [1.82, 2.24) is 9.97 Å². The molecule has 3 N–H and O–H groups in total. The lowest BCUT2D eigenvalue weighted by Gasteiger charge is -2.18. The van der Waals surface area contributed by atoms with Gasteiger partial charge < -0.3 is 10.2 Å². The van der Waals surface area contributed by atoms with E-state index < -0.39 is 0 Å². The molecule has 0 radical (unpaired) electrons. The molecule has 106 valence electrons. The average molecular weight is 293 g/mol. The molecule has 0 spiro atoms. The van der Waals surface area contributed by atoms with E-state index in [-0.39, 0.29) is 5.41 Å². The van der Waals surface area contributed by atoms with Crippen LogP contribution in [-0.4, -0.2) is 9.97 Å². The summed E-state index contributed by atoms with van der Waals surface area (Å²) in [4.78, 5) is 8.74. The second-order valence-corrected chi connectivity index (χ2v) is 5.80. The van der Waals surface area contributed by atoms with Crippen LogP contribution in [0.5, 0.6) is 11.6 Å². The van der Waals surface area contributed by atoms with Gasteiger partial charge in [0, 0.05) is 16.5 Å². The molecule has 1 aromatic carbocycles. The quantitative estimate of drug-likeness (QED) is 0.669.